The fourth-order valence-corrected chi connectivity index (χ4v) is 2.14. The van der Waals surface area contributed by atoms with Crippen LogP contribution in [0.25, 0.3) is 0 Å². The molecular formula is C13H14N2O3S. The minimum absolute atomic E-state index is 0.358. The molecule has 0 unspecified atom stereocenters. The van der Waals surface area contributed by atoms with Gasteiger partial charge in [-0.05, 0) is 30.7 Å². The molecule has 1 heterocycles. The summed E-state index contributed by atoms with van der Waals surface area (Å²) in [5.74, 6) is 0.323. The molecule has 2 aromatic rings. The number of benzene rings is 1. The van der Waals surface area contributed by atoms with E-state index in [-0.39, 0.29) is 5.97 Å². The predicted molar refractivity (Wildman–Crippen MR) is 71.4 cm³/mol. The largest absolute Gasteiger partial charge is 0.486 e. The molecule has 19 heavy (non-hydrogen) atoms. The van der Waals surface area contributed by atoms with Gasteiger partial charge < -0.3 is 9.47 Å². The topological polar surface area (TPSA) is 61.3 Å². The average Bonchev–Trinajstić information content (AvgIpc) is 2.93. The zero-order chi connectivity index (χ0) is 13.7. The molecule has 0 aliphatic heterocycles. The van der Waals surface area contributed by atoms with Gasteiger partial charge in [0.2, 0.25) is 0 Å². The average molecular weight is 278 g/mol. The van der Waals surface area contributed by atoms with Crippen molar-refractivity contribution in [1.82, 2.24) is 10.2 Å². The van der Waals surface area contributed by atoms with Crippen molar-refractivity contribution in [2.24, 2.45) is 0 Å². The standard InChI is InChI=1S/C13H14N2O3S/c1-3-11-14-15-12(19-11)8-18-10-6-4-9(5-7-10)13(16)17-2/h4-7H,3,8H2,1-2H3. The Morgan fingerprint density at radius 1 is 1.21 bits per heavy atom. The van der Waals surface area contributed by atoms with Crippen LogP contribution in [-0.4, -0.2) is 23.3 Å². The van der Waals surface area contributed by atoms with E-state index >= 15 is 0 Å². The fraction of sp³-hybridized carbons (Fsp3) is 0.308. The highest BCUT2D eigenvalue weighted by atomic mass is 32.1. The molecule has 0 amide bonds. The van der Waals surface area contributed by atoms with E-state index in [1.807, 2.05) is 6.92 Å². The summed E-state index contributed by atoms with van der Waals surface area (Å²) in [6.45, 7) is 2.42. The minimum atomic E-state index is -0.358. The zero-order valence-corrected chi connectivity index (χ0v) is 11.6. The van der Waals surface area contributed by atoms with Gasteiger partial charge in [0.15, 0.2) is 5.01 Å². The van der Waals surface area contributed by atoms with E-state index in [1.54, 1.807) is 35.6 Å². The van der Waals surface area contributed by atoms with Crippen molar-refractivity contribution in [3.63, 3.8) is 0 Å². The Morgan fingerprint density at radius 3 is 2.47 bits per heavy atom. The Kier molecular flexibility index (Phi) is 4.46. The number of esters is 1. The number of aryl methyl sites for hydroxylation is 1. The van der Waals surface area contributed by atoms with Gasteiger partial charge >= 0.3 is 5.97 Å². The van der Waals surface area contributed by atoms with Crippen molar-refractivity contribution >= 4 is 17.3 Å². The molecule has 0 saturated carbocycles. The first kappa shape index (κ1) is 13.5. The van der Waals surface area contributed by atoms with E-state index in [0.717, 1.165) is 16.4 Å². The molecule has 0 spiro atoms. The van der Waals surface area contributed by atoms with E-state index in [2.05, 4.69) is 14.9 Å². The number of carbonyl (C=O) groups excluding carboxylic acids is 1. The van der Waals surface area contributed by atoms with Crippen LogP contribution in [0.15, 0.2) is 24.3 Å². The van der Waals surface area contributed by atoms with Gasteiger partial charge in [0.25, 0.3) is 0 Å². The van der Waals surface area contributed by atoms with Crippen molar-refractivity contribution in [3.8, 4) is 5.75 Å². The van der Waals surface area contributed by atoms with Crippen LogP contribution >= 0.6 is 11.3 Å². The van der Waals surface area contributed by atoms with Gasteiger partial charge in [0.1, 0.15) is 17.4 Å². The van der Waals surface area contributed by atoms with E-state index < -0.39 is 0 Å². The first-order valence-corrected chi connectivity index (χ1v) is 6.67. The molecule has 0 saturated heterocycles. The fourth-order valence-electron chi connectivity index (χ4n) is 1.44. The highest BCUT2D eigenvalue weighted by molar-refractivity contribution is 7.11. The summed E-state index contributed by atoms with van der Waals surface area (Å²) in [6.07, 6.45) is 0.880. The van der Waals surface area contributed by atoms with Gasteiger partial charge in [-0.3, -0.25) is 0 Å². The first-order chi connectivity index (χ1) is 9.22. The molecule has 100 valence electrons. The minimum Gasteiger partial charge on any atom is -0.486 e. The number of aromatic nitrogens is 2. The van der Waals surface area contributed by atoms with Gasteiger partial charge in [0, 0.05) is 0 Å². The Labute approximate surface area is 115 Å². The van der Waals surface area contributed by atoms with Crippen molar-refractivity contribution < 1.29 is 14.3 Å². The van der Waals surface area contributed by atoms with Crippen LogP contribution in [0.4, 0.5) is 0 Å². The van der Waals surface area contributed by atoms with Crippen LogP contribution < -0.4 is 4.74 Å². The normalized spacial score (nSPS) is 10.2. The number of methoxy groups -OCH3 is 1. The summed E-state index contributed by atoms with van der Waals surface area (Å²) in [7, 11) is 1.35. The molecule has 0 aliphatic carbocycles. The molecule has 6 heteroatoms. The Bertz CT molecular complexity index is 551. The third kappa shape index (κ3) is 3.51. The third-order valence-corrected chi connectivity index (χ3v) is 3.49. The maximum Gasteiger partial charge on any atom is 0.337 e. The summed E-state index contributed by atoms with van der Waals surface area (Å²) in [4.78, 5) is 11.3. The maximum atomic E-state index is 11.3. The quantitative estimate of drug-likeness (QED) is 0.786. The highest BCUT2D eigenvalue weighted by Gasteiger charge is 2.06. The van der Waals surface area contributed by atoms with E-state index in [9.17, 15) is 4.79 Å². The van der Waals surface area contributed by atoms with Crippen molar-refractivity contribution in [1.29, 1.82) is 0 Å². The molecular weight excluding hydrogens is 264 g/mol. The molecule has 0 N–H and O–H groups in total. The molecule has 2 rings (SSSR count). The maximum absolute atomic E-state index is 11.3. The lowest BCUT2D eigenvalue weighted by Gasteiger charge is -2.04. The second-order valence-corrected chi connectivity index (χ2v) is 4.89. The molecule has 0 radical (unpaired) electrons. The summed E-state index contributed by atoms with van der Waals surface area (Å²) in [6, 6.07) is 6.79. The van der Waals surface area contributed by atoms with Crippen LogP contribution in [0.2, 0.25) is 0 Å². The van der Waals surface area contributed by atoms with Crippen molar-refractivity contribution in [2.75, 3.05) is 7.11 Å². The zero-order valence-electron chi connectivity index (χ0n) is 10.8. The SMILES string of the molecule is CCc1nnc(COc2ccc(C(=O)OC)cc2)s1. The van der Waals surface area contributed by atoms with Crippen LogP contribution in [0.3, 0.4) is 0 Å². The third-order valence-electron chi connectivity index (χ3n) is 2.45. The molecule has 1 aromatic carbocycles. The number of hydrogen-bond donors (Lipinski definition) is 0. The van der Waals surface area contributed by atoms with Crippen molar-refractivity contribution in [3.05, 3.63) is 39.8 Å². The van der Waals surface area contributed by atoms with Crippen LogP contribution in [0.1, 0.15) is 27.3 Å². The van der Waals surface area contributed by atoms with Gasteiger partial charge in [0.05, 0.1) is 12.7 Å². The first-order valence-electron chi connectivity index (χ1n) is 5.85. The number of rotatable bonds is 5. The van der Waals surface area contributed by atoms with Gasteiger partial charge in [-0.15, -0.1) is 10.2 Å². The van der Waals surface area contributed by atoms with Gasteiger partial charge in [-0.1, -0.05) is 18.3 Å². The van der Waals surface area contributed by atoms with Crippen LogP contribution in [0, 0.1) is 0 Å². The second-order valence-electron chi connectivity index (χ2n) is 3.75. The lowest BCUT2D eigenvalue weighted by Crippen LogP contribution is -2.01. The molecule has 0 fully saturated rings. The van der Waals surface area contributed by atoms with Gasteiger partial charge in [-0.2, -0.15) is 0 Å². The number of ether oxygens (including phenoxy) is 2. The van der Waals surface area contributed by atoms with Crippen molar-refractivity contribution in [2.45, 2.75) is 20.0 Å². The van der Waals surface area contributed by atoms with Crippen LogP contribution in [-0.2, 0) is 17.8 Å². The predicted octanol–water partition coefficient (Wildman–Crippen LogP) is 2.47. The monoisotopic (exact) mass is 278 g/mol. The highest BCUT2D eigenvalue weighted by Crippen LogP contribution is 2.16. The molecule has 0 atom stereocenters. The summed E-state index contributed by atoms with van der Waals surface area (Å²) < 4.78 is 10.2. The molecule has 5 nitrogen and oxygen atoms in total. The Morgan fingerprint density at radius 2 is 1.89 bits per heavy atom. The summed E-state index contributed by atoms with van der Waals surface area (Å²) in [5, 5.41) is 9.89. The number of nitrogens with zero attached hydrogens (tertiary/aromatic N) is 2. The molecule has 1 aromatic heterocycles. The smallest absolute Gasteiger partial charge is 0.337 e. The van der Waals surface area contributed by atoms with Crippen LogP contribution in [0.5, 0.6) is 5.75 Å². The lowest BCUT2D eigenvalue weighted by molar-refractivity contribution is 0.0600. The number of hydrogen-bond acceptors (Lipinski definition) is 6. The number of carbonyl (C=O) groups is 1. The van der Waals surface area contributed by atoms with Gasteiger partial charge in [-0.25, -0.2) is 4.79 Å². The summed E-state index contributed by atoms with van der Waals surface area (Å²) >= 11 is 1.54. The Balaban J connectivity index is 1.94. The van der Waals surface area contributed by atoms with E-state index in [1.165, 1.54) is 7.11 Å². The summed E-state index contributed by atoms with van der Waals surface area (Å²) in [5.41, 5.74) is 0.499. The molecule has 0 bridgehead atoms. The second kappa shape index (κ2) is 6.29. The van der Waals surface area contributed by atoms with E-state index in [4.69, 9.17) is 4.74 Å². The lowest BCUT2D eigenvalue weighted by atomic mass is 10.2. The van der Waals surface area contributed by atoms with E-state index in [0.29, 0.717) is 17.9 Å². The molecule has 0 aliphatic rings. The Hall–Kier alpha value is -1.95.